The standard InChI is InChI=1S/C26H30N4O/c1-18-12-14-22(15-13-18)24-27-17-23(25(29-24)30-16-8-7-9-19(30)2)26(31)28-20(3)21-10-5-4-6-11-21/h4-6,10-15,17,19-20H,7-9,16H2,1-3H3,(H,28,31). The van der Waals surface area contributed by atoms with Gasteiger partial charge in [-0.15, -0.1) is 0 Å². The van der Waals surface area contributed by atoms with E-state index in [0.29, 0.717) is 17.4 Å². The lowest BCUT2D eigenvalue weighted by molar-refractivity contribution is 0.0939. The van der Waals surface area contributed by atoms with Gasteiger partial charge in [-0.05, 0) is 45.6 Å². The molecule has 1 N–H and O–H groups in total. The molecule has 2 atom stereocenters. The summed E-state index contributed by atoms with van der Waals surface area (Å²) >= 11 is 0. The SMILES string of the molecule is Cc1ccc(-c2ncc(C(=O)NC(C)c3ccccc3)c(N3CCCCC3C)n2)cc1. The van der Waals surface area contributed by atoms with E-state index < -0.39 is 0 Å². The average molecular weight is 415 g/mol. The summed E-state index contributed by atoms with van der Waals surface area (Å²) in [7, 11) is 0. The summed E-state index contributed by atoms with van der Waals surface area (Å²) in [6, 6.07) is 18.4. The largest absolute Gasteiger partial charge is 0.353 e. The molecule has 0 bridgehead atoms. The third kappa shape index (κ3) is 4.76. The van der Waals surface area contributed by atoms with Gasteiger partial charge >= 0.3 is 0 Å². The number of carbonyl (C=O) groups is 1. The molecule has 0 saturated carbocycles. The molecule has 1 aliphatic rings. The molecule has 0 aliphatic carbocycles. The summed E-state index contributed by atoms with van der Waals surface area (Å²) < 4.78 is 0. The fourth-order valence-electron chi connectivity index (χ4n) is 4.11. The summed E-state index contributed by atoms with van der Waals surface area (Å²) in [6.45, 7) is 7.17. The van der Waals surface area contributed by atoms with Crippen LogP contribution in [0.15, 0.2) is 60.8 Å². The van der Waals surface area contributed by atoms with Gasteiger partial charge < -0.3 is 10.2 Å². The monoisotopic (exact) mass is 414 g/mol. The summed E-state index contributed by atoms with van der Waals surface area (Å²) in [4.78, 5) is 25.0. The van der Waals surface area contributed by atoms with E-state index in [1.807, 2.05) is 49.4 Å². The maximum absolute atomic E-state index is 13.3. The van der Waals surface area contributed by atoms with Crippen molar-refractivity contribution >= 4 is 11.7 Å². The molecule has 4 rings (SSSR count). The zero-order chi connectivity index (χ0) is 21.8. The molecule has 1 aromatic heterocycles. The molecule has 1 aliphatic heterocycles. The molecule has 31 heavy (non-hydrogen) atoms. The number of aromatic nitrogens is 2. The van der Waals surface area contributed by atoms with E-state index in [2.05, 4.69) is 41.2 Å². The van der Waals surface area contributed by atoms with Crippen LogP contribution < -0.4 is 10.2 Å². The zero-order valence-corrected chi connectivity index (χ0v) is 18.5. The number of rotatable bonds is 5. The van der Waals surface area contributed by atoms with E-state index >= 15 is 0 Å². The van der Waals surface area contributed by atoms with Crippen LogP contribution in [-0.4, -0.2) is 28.5 Å². The Morgan fingerprint density at radius 3 is 2.55 bits per heavy atom. The number of amides is 1. The Hall–Kier alpha value is -3.21. The number of nitrogens with one attached hydrogen (secondary N) is 1. The van der Waals surface area contributed by atoms with Crippen molar-refractivity contribution in [3.05, 3.63) is 77.5 Å². The number of aryl methyl sites for hydroxylation is 1. The van der Waals surface area contributed by atoms with Gasteiger partial charge in [0.15, 0.2) is 5.82 Å². The van der Waals surface area contributed by atoms with Gasteiger partial charge in [-0.25, -0.2) is 9.97 Å². The van der Waals surface area contributed by atoms with Gasteiger partial charge in [-0.1, -0.05) is 60.2 Å². The Morgan fingerprint density at radius 1 is 1.10 bits per heavy atom. The normalized spacial score (nSPS) is 17.3. The van der Waals surface area contributed by atoms with Gasteiger partial charge in [0.05, 0.1) is 6.04 Å². The predicted octanol–water partition coefficient (Wildman–Crippen LogP) is 5.32. The molecular formula is C26H30N4O. The number of piperidine rings is 1. The van der Waals surface area contributed by atoms with Gasteiger partial charge in [0, 0.05) is 24.3 Å². The predicted molar refractivity (Wildman–Crippen MR) is 125 cm³/mol. The van der Waals surface area contributed by atoms with Crippen molar-refractivity contribution in [2.45, 2.75) is 52.1 Å². The van der Waals surface area contributed by atoms with Crippen molar-refractivity contribution in [2.75, 3.05) is 11.4 Å². The van der Waals surface area contributed by atoms with Gasteiger partial charge in [0.2, 0.25) is 0 Å². The number of hydrogen-bond acceptors (Lipinski definition) is 4. The average Bonchev–Trinajstić information content (AvgIpc) is 2.80. The topological polar surface area (TPSA) is 58.1 Å². The zero-order valence-electron chi connectivity index (χ0n) is 18.5. The van der Waals surface area contributed by atoms with E-state index in [-0.39, 0.29) is 11.9 Å². The summed E-state index contributed by atoms with van der Waals surface area (Å²) in [5.41, 5.74) is 3.76. The van der Waals surface area contributed by atoms with E-state index in [4.69, 9.17) is 4.98 Å². The lowest BCUT2D eigenvalue weighted by Crippen LogP contribution is -2.40. The lowest BCUT2D eigenvalue weighted by Gasteiger charge is -2.35. The van der Waals surface area contributed by atoms with Crippen molar-refractivity contribution in [3.8, 4) is 11.4 Å². The Bertz CT molecular complexity index is 1030. The van der Waals surface area contributed by atoms with Crippen LogP contribution in [0.5, 0.6) is 0 Å². The van der Waals surface area contributed by atoms with Crippen molar-refractivity contribution in [3.63, 3.8) is 0 Å². The van der Waals surface area contributed by atoms with Crippen LogP contribution in [0.2, 0.25) is 0 Å². The van der Waals surface area contributed by atoms with Gasteiger partial charge in [0.1, 0.15) is 11.4 Å². The van der Waals surface area contributed by atoms with Gasteiger partial charge in [-0.2, -0.15) is 0 Å². The van der Waals surface area contributed by atoms with Gasteiger partial charge in [-0.3, -0.25) is 4.79 Å². The van der Waals surface area contributed by atoms with E-state index in [1.165, 1.54) is 12.0 Å². The first-order valence-corrected chi connectivity index (χ1v) is 11.1. The van der Waals surface area contributed by atoms with Crippen molar-refractivity contribution in [1.29, 1.82) is 0 Å². The highest BCUT2D eigenvalue weighted by Gasteiger charge is 2.26. The number of anilines is 1. The quantitative estimate of drug-likeness (QED) is 0.614. The number of hydrogen-bond donors (Lipinski definition) is 1. The maximum Gasteiger partial charge on any atom is 0.257 e. The number of carbonyl (C=O) groups excluding carboxylic acids is 1. The van der Waals surface area contributed by atoms with Crippen LogP contribution in [0.3, 0.4) is 0 Å². The first kappa shape index (κ1) is 21.0. The Labute approximate surface area is 184 Å². The number of nitrogens with zero attached hydrogens (tertiary/aromatic N) is 3. The van der Waals surface area contributed by atoms with Crippen LogP contribution in [0.4, 0.5) is 5.82 Å². The van der Waals surface area contributed by atoms with Crippen LogP contribution in [-0.2, 0) is 0 Å². The fourth-order valence-corrected chi connectivity index (χ4v) is 4.11. The minimum Gasteiger partial charge on any atom is -0.353 e. The molecule has 2 unspecified atom stereocenters. The molecule has 1 saturated heterocycles. The first-order valence-electron chi connectivity index (χ1n) is 11.1. The number of benzene rings is 2. The highest BCUT2D eigenvalue weighted by Crippen LogP contribution is 2.29. The van der Waals surface area contributed by atoms with Crippen molar-refractivity contribution < 1.29 is 4.79 Å². The fraction of sp³-hybridized carbons (Fsp3) is 0.346. The second-order valence-electron chi connectivity index (χ2n) is 8.44. The van der Waals surface area contributed by atoms with E-state index in [1.54, 1.807) is 6.20 Å². The third-order valence-electron chi connectivity index (χ3n) is 6.05. The van der Waals surface area contributed by atoms with Crippen LogP contribution in [0.1, 0.15) is 60.6 Å². The minimum atomic E-state index is -0.139. The smallest absolute Gasteiger partial charge is 0.257 e. The van der Waals surface area contributed by atoms with E-state index in [0.717, 1.165) is 36.3 Å². The van der Waals surface area contributed by atoms with Crippen molar-refractivity contribution in [2.24, 2.45) is 0 Å². The summed E-state index contributed by atoms with van der Waals surface area (Å²) in [6.07, 6.45) is 5.10. The molecule has 160 valence electrons. The van der Waals surface area contributed by atoms with Crippen LogP contribution in [0.25, 0.3) is 11.4 Å². The molecule has 5 nitrogen and oxygen atoms in total. The Morgan fingerprint density at radius 2 is 1.84 bits per heavy atom. The van der Waals surface area contributed by atoms with Gasteiger partial charge in [0.25, 0.3) is 5.91 Å². The molecule has 0 spiro atoms. The van der Waals surface area contributed by atoms with Crippen LogP contribution in [0, 0.1) is 6.92 Å². The highest BCUT2D eigenvalue weighted by atomic mass is 16.1. The Balaban J connectivity index is 1.68. The minimum absolute atomic E-state index is 0.0999. The maximum atomic E-state index is 13.3. The first-order chi connectivity index (χ1) is 15.0. The van der Waals surface area contributed by atoms with Crippen molar-refractivity contribution in [1.82, 2.24) is 15.3 Å². The van der Waals surface area contributed by atoms with E-state index in [9.17, 15) is 4.79 Å². The lowest BCUT2D eigenvalue weighted by atomic mass is 10.0. The van der Waals surface area contributed by atoms with Crippen LogP contribution >= 0.6 is 0 Å². The molecule has 2 aromatic carbocycles. The molecule has 3 aromatic rings. The molecular weight excluding hydrogens is 384 g/mol. The highest BCUT2D eigenvalue weighted by molar-refractivity contribution is 5.99. The third-order valence-corrected chi connectivity index (χ3v) is 6.05. The second-order valence-corrected chi connectivity index (χ2v) is 8.44. The summed E-state index contributed by atoms with van der Waals surface area (Å²) in [5.74, 6) is 1.25. The molecule has 1 amide bonds. The molecule has 5 heteroatoms. The Kier molecular flexibility index (Phi) is 6.31. The second kappa shape index (κ2) is 9.29. The summed E-state index contributed by atoms with van der Waals surface area (Å²) in [5, 5.41) is 3.13. The molecule has 2 heterocycles. The molecule has 1 fully saturated rings. The molecule has 0 radical (unpaired) electrons.